The Morgan fingerprint density at radius 1 is 1.19 bits per heavy atom. The highest BCUT2D eigenvalue weighted by Crippen LogP contribution is 2.26. The molecule has 0 amide bonds. The van der Waals surface area contributed by atoms with Crippen LogP contribution in [0.5, 0.6) is 0 Å². The minimum atomic E-state index is -0.274. The summed E-state index contributed by atoms with van der Waals surface area (Å²) in [6.07, 6.45) is 3.43. The van der Waals surface area contributed by atoms with Crippen molar-refractivity contribution in [2.24, 2.45) is 0 Å². The number of hydrogen-bond acceptors (Lipinski definition) is 6. The lowest BCUT2D eigenvalue weighted by Gasteiger charge is -2.23. The Hall–Kier alpha value is -2.93. The zero-order valence-electron chi connectivity index (χ0n) is 16.1. The van der Waals surface area contributed by atoms with Crippen LogP contribution in [0.25, 0.3) is 10.8 Å². The quantitative estimate of drug-likeness (QED) is 0.642. The second-order valence-corrected chi connectivity index (χ2v) is 7.58. The molecule has 0 saturated carbocycles. The van der Waals surface area contributed by atoms with Crippen molar-refractivity contribution in [1.29, 1.82) is 0 Å². The van der Waals surface area contributed by atoms with Gasteiger partial charge in [0.25, 0.3) is 5.56 Å². The van der Waals surface area contributed by atoms with E-state index in [0.29, 0.717) is 22.8 Å². The topological polar surface area (TPSA) is 92.1 Å². The van der Waals surface area contributed by atoms with E-state index in [2.05, 4.69) is 20.6 Å². The summed E-state index contributed by atoms with van der Waals surface area (Å²) in [5, 5.41) is 17.0. The smallest absolute Gasteiger partial charge is 0.262 e. The van der Waals surface area contributed by atoms with E-state index < -0.39 is 0 Å². The minimum Gasteiger partial charge on any atom is -0.395 e. The Balaban J connectivity index is 2.14. The second-order valence-electron chi connectivity index (χ2n) is 7.58. The fraction of sp³-hybridized carbons (Fsp3) is 0.350. The number of aromatic nitrogens is 3. The lowest BCUT2D eigenvalue weighted by molar-refractivity contribution is 0.274. The minimum absolute atomic E-state index is 0.0977. The average molecular weight is 367 g/mol. The first-order valence-electron chi connectivity index (χ1n) is 8.90. The van der Waals surface area contributed by atoms with E-state index in [4.69, 9.17) is 0 Å². The molecule has 0 saturated heterocycles. The molecular weight excluding hydrogens is 342 g/mol. The van der Waals surface area contributed by atoms with Gasteiger partial charge in [-0.2, -0.15) is 0 Å². The third-order valence-electron chi connectivity index (χ3n) is 3.96. The Morgan fingerprint density at radius 3 is 2.63 bits per heavy atom. The Morgan fingerprint density at radius 2 is 1.96 bits per heavy atom. The zero-order chi connectivity index (χ0) is 19.6. The van der Waals surface area contributed by atoms with Gasteiger partial charge in [0.15, 0.2) is 0 Å². The lowest BCUT2D eigenvalue weighted by atomic mass is 10.1. The number of anilines is 3. The van der Waals surface area contributed by atoms with Crippen LogP contribution in [0.3, 0.4) is 0 Å². The van der Waals surface area contributed by atoms with E-state index in [1.807, 2.05) is 52.0 Å². The molecule has 3 aromatic rings. The molecule has 0 aromatic carbocycles. The van der Waals surface area contributed by atoms with Gasteiger partial charge >= 0.3 is 0 Å². The molecule has 0 radical (unpaired) electrons. The first kappa shape index (κ1) is 18.8. The number of rotatable bonds is 5. The van der Waals surface area contributed by atoms with E-state index in [1.165, 1.54) is 4.57 Å². The lowest BCUT2D eigenvalue weighted by Crippen LogP contribution is -2.29. The van der Waals surface area contributed by atoms with Crippen LogP contribution in [0.2, 0.25) is 0 Å². The molecule has 27 heavy (non-hydrogen) atoms. The number of fused-ring (bicyclic) bond motifs is 1. The van der Waals surface area contributed by atoms with E-state index in [0.717, 1.165) is 10.9 Å². The van der Waals surface area contributed by atoms with Gasteiger partial charge < -0.3 is 20.3 Å². The number of aliphatic hydroxyl groups is 1. The van der Waals surface area contributed by atoms with Crippen LogP contribution in [-0.2, 0) is 6.54 Å². The molecule has 0 spiro atoms. The molecule has 0 aliphatic carbocycles. The van der Waals surface area contributed by atoms with Gasteiger partial charge in [0, 0.05) is 24.5 Å². The van der Waals surface area contributed by atoms with Gasteiger partial charge in [-0.1, -0.05) is 0 Å². The van der Waals surface area contributed by atoms with Crippen molar-refractivity contribution in [2.45, 2.75) is 39.8 Å². The van der Waals surface area contributed by atoms with Gasteiger partial charge in [0.05, 0.1) is 12.0 Å². The van der Waals surface area contributed by atoms with Crippen LogP contribution < -0.4 is 16.2 Å². The number of hydrogen-bond donors (Lipinski definition) is 3. The van der Waals surface area contributed by atoms with Crippen LogP contribution >= 0.6 is 0 Å². The van der Waals surface area contributed by atoms with Gasteiger partial charge in [0.2, 0.25) is 0 Å². The van der Waals surface area contributed by atoms with Crippen molar-refractivity contribution in [3.05, 3.63) is 52.6 Å². The van der Waals surface area contributed by atoms with Crippen LogP contribution in [-0.4, -0.2) is 31.8 Å². The van der Waals surface area contributed by atoms with Gasteiger partial charge in [-0.3, -0.25) is 4.79 Å². The standard InChI is InChI=1S/C20H25N5O2/c1-13-5-7-21-15(11-13)22-16-12-14-6-8-25(9-10-26)19(27)17(14)18(23-16)24-20(2,3)4/h5-8,11-12,26H,9-10H2,1-4H3,(H2,21,22,23,24). The van der Waals surface area contributed by atoms with E-state index in [-0.39, 0.29) is 24.2 Å². The number of nitrogens with zero attached hydrogens (tertiary/aromatic N) is 3. The van der Waals surface area contributed by atoms with E-state index in [1.54, 1.807) is 12.4 Å². The SMILES string of the molecule is Cc1ccnc(Nc2cc3ccn(CCO)c(=O)c3c(NC(C)(C)C)n2)c1. The average Bonchev–Trinajstić information content (AvgIpc) is 2.56. The Labute approximate surface area is 158 Å². The maximum atomic E-state index is 12.9. The van der Waals surface area contributed by atoms with Crippen molar-refractivity contribution in [3.8, 4) is 0 Å². The molecule has 3 heterocycles. The van der Waals surface area contributed by atoms with Gasteiger partial charge in [-0.05, 0) is 62.9 Å². The molecule has 3 N–H and O–H groups in total. The first-order valence-corrected chi connectivity index (χ1v) is 8.90. The van der Waals surface area contributed by atoms with Crippen LogP contribution in [0.4, 0.5) is 17.5 Å². The summed E-state index contributed by atoms with van der Waals surface area (Å²) in [5.74, 6) is 1.80. The summed E-state index contributed by atoms with van der Waals surface area (Å²) in [7, 11) is 0. The number of aliphatic hydroxyl groups excluding tert-OH is 1. The molecule has 3 rings (SSSR count). The van der Waals surface area contributed by atoms with Gasteiger partial charge in [-0.25, -0.2) is 9.97 Å². The molecular formula is C20H25N5O2. The monoisotopic (exact) mass is 367 g/mol. The number of nitrogens with one attached hydrogen (secondary N) is 2. The highest BCUT2D eigenvalue weighted by molar-refractivity contribution is 5.93. The third-order valence-corrected chi connectivity index (χ3v) is 3.96. The summed E-state index contributed by atoms with van der Waals surface area (Å²) in [6.45, 7) is 8.18. The van der Waals surface area contributed by atoms with Crippen LogP contribution in [0, 0.1) is 6.92 Å². The first-order chi connectivity index (χ1) is 12.8. The maximum absolute atomic E-state index is 12.9. The van der Waals surface area contributed by atoms with Crippen LogP contribution in [0.1, 0.15) is 26.3 Å². The van der Waals surface area contributed by atoms with Crippen molar-refractivity contribution < 1.29 is 5.11 Å². The molecule has 3 aromatic heterocycles. The number of pyridine rings is 3. The molecule has 7 heteroatoms. The summed E-state index contributed by atoms with van der Waals surface area (Å²) in [6, 6.07) is 7.55. The molecule has 0 fully saturated rings. The fourth-order valence-electron chi connectivity index (χ4n) is 2.83. The summed E-state index contributed by atoms with van der Waals surface area (Å²) < 4.78 is 1.49. The molecule has 142 valence electrons. The van der Waals surface area contributed by atoms with Gasteiger partial charge in [-0.15, -0.1) is 0 Å². The Kier molecular flexibility index (Phi) is 5.14. The number of aryl methyl sites for hydroxylation is 1. The highest BCUT2D eigenvalue weighted by Gasteiger charge is 2.17. The molecule has 0 aliphatic rings. The Bertz CT molecular complexity index is 1020. The molecule has 7 nitrogen and oxygen atoms in total. The predicted molar refractivity (Wildman–Crippen MR) is 109 cm³/mol. The van der Waals surface area contributed by atoms with Crippen molar-refractivity contribution >= 4 is 28.2 Å². The normalized spacial score (nSPS) is 11.6. The highest BCUT2D eigenvalue weighted by atomic mass is 16.3. The second kappa shape index (κ2) is 7.36. The predicted octanol–water partition coefficient (Wildman–Crippen LogP) is 3.05. The largest absolute Gasteiger partial charge is 0.395 e. The third kappa shape index (κ3) is 4.43. The summed E-state index contributed by atoms with van der Waals surface area (Å²) in [5.41, 5.74) is 0.638. The van der Waals surface area contributed by atoms with E-state index in [9.17, 15) is 9.90 Å². The summed E-state index contributed by atoms with van der Waals surface area (Å²) in [4.78, 5) is 21.8. The molecule has 0 aliphatic heterocycles. The zero-order valence-corrected chi connectivity index (χ0v) is 16.1. The van der Waals surface area contributed by atoms with Crippen LogP contribution in [0.15, 0.2) is 41.5 Å². The van der Waals surface area contributed by atoms with Crippen molar-refractivity contribution in [2.75, 3.05) is 17.2 Å². The van der Waals surface area contributed by atoms with Crippen molar-refractivity contribution in [1.82, 2.24) is 14.5 Å². The van der Waals surface area contributed by atoms with E-state index >= 15 is 0 Å². The van der Waals surface area contributed by atoms with Crippen molar-refractivity contribution in [3.63, 3.8) is 0 Å². The molecule has 0 unspecified atom stereocenters. The van der Waals surface area contributed by atoms with Gasteiger partial charge in [0.1, 0.15) is 17.5 Å². The fourth-order valence-corrected chi connectivity index (χ4v) is 2.83. The maximum Gasteiger partial charge on any atom is 0.262 e. The summed E-state index contributed by atoms with van der Waals surface area (Å²) >= 11 is 0. The molecule has 0 atom stereocenters. The molecule has 0 bridgehead atoms.